The summed E-state index contributed by atoms with van der Waals surface area (Å²) in [6, 6.07) is 5.45. The number of aromatic nitrogens is 2. The van der Waals surface area contributed by atoms with Crippen molar-refractivity contribution in [3.63, 3.8) is 0 Å². The molecule has 1 aliphatic carbocycles. The molecule has 21 heavy (non-hydrogen) atoms. The van der Waals surface area contributed by atoms with Crippen molar-refractivity contribution in [1.29, 1.82) is 0 Å². The quantitative estimate of drug-likeness (QED) is 0.869. The fraction of sp³-hybridized carbons (Fsp3) is 0.467. The standard InChI is InChI=1S/C15H17N3O3/c19-11-5-4-9-7-17(8-10(9)11)14-13(15(20)21)18-6-2-1-3-12(18)16-14/h1-3,6,9-11,19H,4-5,7-8H2,(H,20,21). The molecule has 4 rings (SSSR count). The van der Waals surface area contributed by atoms with Crippen molar-refractivity contribution in [1.82, 2.24) is 9.38 Å². The van der Waals surface area contributed by atoms with Crippen LogP contribution in [0.5, 0.6) is 0 Å². The number of aliphatic hydroxyl groups excluding tert-OH is 1. The molecular formula is C15H17N3O3. The molecule has 6 heteroatoms. The Balaban J connectivity index is 1.77. The van der Waals surface area contributed by atoms with Crippen LogP contribution in [0.1, 0.15) is 23.3 Å². The molecule has 0 radical (unpaired) electrons. The third-order valence-corrected chi connectivity index (χ3v) is 4.83. The van der Waals surface area contributed by atoms with Crippen LogP contribution in [-0.4, -0.2) is 44.8 Å². The third kappa shape index (κ3) is 1.82. The number of nitrogens with zero attached hydrogens (tertiary/aromatic N) is 3. The highest BCUT2D eigenvalue weighted by Gasteiger charge is 2.43. The number of aromatic carboxylic acids is 1. The second-order valence-corrected chi connectivity index (χ2v) is 5.99. The molecule has 1 aliphatic heterocycles. The molecule has 0 aromatic carbocycles. The first-order valence-electron chi connectivity index (χ1n) is 7.28. The molecule has 0 amide bonds. The van der Waals surface area contributed by atoms with Crippen molar-refractivity contribution >= 4 is 17.4 Å². The molecule has 0 spiro atoms. The number of carbonyl (C=O) groups is 1. The summed E-state index contributed by atoms with van der Waals surface area (Å²) < 4.78 is 1.61. The van der Waals surface area contributed by atoms with E-state index < -0.39 is 5.97 Å². The highest BCUT2D eigenvalue weighted by molar-refractivity contribution is 5.93. The molecule has 3 atom stereocenters. The Hall–Kier alpha value is -2.08. The van der Waals surface area contributed by atoms with Crippen molar-refractivity contribution < 1.29 is 15.0 Å². The van der Waals surface area contributed by atoms with Crippen LogP contribution in [0.15, 0.2) is 24.4 Å². The predicted molar refractivity (Wildman–Crippen MR) is 76.6 cm³/mol. The number of carboxylic acid groups (broad SMARTS) is 1. The second kappa shape index (κ2) is 4.46. The highest BCUT2D eigenvalue weighted by atomic mass is 16.4. The molecule has 2 fully saturated rings. The lowest BCUT2D eigenvalue weighted by atomic mass is 10.00. The maximum atomic E-state index is 11.6. The molecular weight excluding hydrogens is 270 g/mol. The summed E-state index contributed by atoms with van der Waals surface area (Å²) in [6.45, 7) is 1.47. The van der Waals surface area contributed by atoms with Crippen molar-refractivity contribution in [3.8, 4) is 0 Å². The minimum atomic E-state index is -0.971. The van der Waals surface area contributed by atoms with Gasteiger partial charge in [0.1, 0.15) is 5.65 Å². The van der Waals surface area contributed by atoms with Crippen LogP contribution in [0.2, 0.25) is 0 Å². The summed E-state index contributed by atoms with van der Waals surface area (Å²) in [6.07, 6.45) is 3.34. The van der Waals surface area contributed by atoms with E-state index in [4.69, 9.17) is 0 Å². The van der Waals surface area contributed by atoms with Gasteiger partial charge in [0.05, 0.1) is 6.10 Å². The van der Waals surface area contributed by atoms with Crippen LogP contribution in [0, 0.1) is 11.8 Å². The molecule has 1 saturated heterocycles. The Bertz CT molecular complexity index is 711. The smallest absolute Gasteiger partial charge is 0.356 e. The van der Waals surface area contributed by atoms with E-state index in [-0.39, 0.29) is 17.7 Å². The minimum absolute atomic E-state index is 0.208. The average Bonchev–Trinajstić information content (AvgIpc) is 3.12. The van der Waals surface area contributed by atoms with Gasteiger partial charge in [-0.15, -0.1) is 0 Å². The normalized spacial score (nSPS) is 28.2. The van der Waals surface area contributed by atoms with Gasteiger partial charge in [-0.05, 0) is 30.9 Å². The first-order chi connectivity index (χ1) is 10.1. The van der Waals surface area contributed by atoms with E-state index >= 15 is 0 Å². The molecule has 0 bridgehead atoms. The van der Waals surface area contributed by atoms with Crippen molar-refractivity contribution in [3.05, 3.63) is 30.1 Å². The Kier molecular flexibility index (Phi) is 2.68. The summed E-state index contributed by atoms with van der Waals surface area (Å²) >= 11 is 0. The number of hydrogen-bond acceptors (Lipinski definition) is 4. The number of carboxylic acids is 1. The van der Waals surface area contributed by atoms with Crippen LogP contribution >= 0.6 is 0 Å². The molecule has 2 aromatic rings. The van der Waals surface area contributed by atoms with E-state index in [9.17, 15) is 15.0 Å². The molecule has 110 valence electrons. The van der Waals surface area contributed by atoms with E-state index in [2.05, 4.69) is 4.98 Å². The summed E-state index contributed by atoms with van der Waals surface area (Å²) in [4.78, 5) is 18.1. The number of pyridine rings is 1. The van der Waals surface area contributed by atoms with E-state index in [1.54, 1.807) is 16.7 Å². The fourth-order valence-electron chi connectivity index (χ4n) is 3.81. The SMILES string of the molecule is O=C(O)c1c(N2CC3CCC(O)C3C2)nc2ccccn12. The number of anilines is 1. The van der Waals surface area contributed by atoms with Gasteiger partial charge in [0.25, 0.3) is 0 Å². The number of fused-ring (bicyclic) bond motifs is 2. The third-order valence-electron chi connectivity index (χ3n) is 4.83. The lowest BCUT2D eigenvalue weighted by Crippen LogP contribution is -2.26. The lowest BCUT2D eigenvalue weighted by molar-refractivity contribution is 0.0690. The average molecular weight is 287 g/mol. The maximum absolute atomic E-state index is 11.6. The number of hydrogen-bond donors (Lipinski definition) is 2. The van der Waals surface area contributed by atoms with Crippen LogP contribution in [0.3, 0.4) is 0 Å². The Morgan fingerprint density at radius 1 is 1.29 bits per heavy atom. The van der Waals surface area contributed by atoms with E-state index in [1.807, 2.05) is 17.0 Å². The van der Waals surface area contributed by atoms with Gasteiger partial charge in [0.2, 0.25) is 0 Å². The summed E-state index contributed by atoms with van der Waals surface area (Å²) in [5, 5.41) is 19.5. The van der Waals surface area contributed by atoms with Gasteiger partial charge >= 0.3 is 5.97 Å². The first kappa shape index (κ1) is 12.6. The van der Waals surface area contributed by atoms with Crippen molar-refractivity contribution in [2.24, 2.45) is 11.8 Å². The van der Waals surface area contributed by atoms with Gasteiger partial charge in [0.15, 0.2) is 11.5 Å². The maximum Gasteiger partial charge on any atom is 0.356 e. The largest absolute Gasteiger partial charge is 0.476 e. The van der Waals surface area contributed by atoms with Crippen molar-refractivity contribution in [2.45, 2.75) is 18.9 Å². The summed E-state index contributed by atoms with van der Waals surface area (Å²) in [7, 11) is 0. The zero-order chi connectivity index (χ0) is 14.6. The van der Waals surface area contributed by atoms with Gasteiger partial charge in [-0.3, -0.25) is 4.40 Å². The van der Waals surface area contributed by atoms with Crippen LogP contribution in [0.4, 0.5) is 5.82 Å². The van der Waals surface area contributed by atoms with Gasteiger partial charge in [-0.25, -0.2) is 9.78 Å². The Morgan fingerprint density at radius 3 is 2.90 bits per heavy atom. The van der Waals surface area contributed by atoms with Gasteiger partial charge in [0, 0.05) is 25.2 Å². The molecule has 3 unspecified atom stereocenters. The summed E-state index contributed by atoms with van der Waals surface area (Å²) in [5.74, 6) is 0.250. The number of aliphatic hydroxyl groups is 1. The van der Waals surface area contributed by atoms with E-state index in [1.165, 1.54) is 0 Å². The molecule has 6 nitrogen and oxygen atoms in total. The molecule has 2 aliphatic rings. The first-order valence-corrected chi connectivity index (χ1v) is 7.28. The van der Waals surface area contributed by atoms with Gasteiger partial charge in [-0.1, -0.05) is 6.07 Å². The monoisotopic (exact) mass is 287 g/mol. The molecule has 3 heterocycles. The summed E-state index contributed by atoms with van der Waals surface area (Å²) in [5.41, 5.74) is 0.850. The Morgan fingerprint density at radius 2 is 2.14 bits per heavy atom. The van der Waals surface area contributed by atoms with Crippen LogP contribution in [-0.2, 0) is 0 Å². The van der Waals surface area contributed by atoms with E-state index in [0.717, 1.165) is 19.4 Å². The van der Waals surface area contributed by atoms with Gasteiger partial charge in [-0.2, -0.15) is 0 Å². The number of imidazole rings is 1. The molecule has 1 saturated carbocycles. The lowest BCUT2D eigenvalue weighted by Gasteiger charge is -2.18. The second-order valence-electron chi connectivity index (χ2n) is 5.99. The van der Waals surface area contributed by atoms with E-state index in [0.29, 0.717) is 23.9 Å². The zero-order valence-corrected chi connectivity index (χ0v) is 11.5. The van der Waals surface area contributed by atoms with Crippen LogP contribution in [0.25, 0.3) is 5.65 Å². The van der Waals surface area contributed by atoms with Gasteiger partial charge < -0.3 is 15.1 Å². The number of rotatable bonds is 2. The van der Waals surface area contributed by atoms with Crippen molar-refractivity contribution in [2.75, 3.05) is 18.0 Å². The highest BCUT2D eigenvalue weighted by Crippen LogP contribution is 2.40. The zero-order valence-electron chi connectivity index (χ0n) is 11.5. The predicted octanol–water partition coefficient (Wildman–Crippen LogP) is 1.24. The fourth-order valence-corrected chi connectivity index (χ4v) is 3.81. The Labute approximate surface area is 121 Å². The topological polar surface area (TPSA) is 78.1 Å². The minimum Gasteiger partial charge on any atom is -0.476 e. The molecule has 2 aromatic heterocycles. The molecule has 2 N–H and O–H groups in total. The van der Waals surface area contributed by atoms with Crippen LogP contribution < -0.4 is 4.90 Å².